The number of hydrogen-bond donors (Lipinski definition) is 1. The molecule has 2 aromatic rings. The van der Waals surface area contributed by atoms with Gasteiger partial charge < -0.3 is 5.21 Å². The van der Waals surface area contributed by atoms with Crippen molar-refractivity contribution in [2.24, 2.45) is 10.1 Å². The van der Waals surface area contributed by atoms with Gasteiger partial charge in [0.2, 0.25) is 5.69 Å². The molecule has 132 valence electrons. The van der Waals surface area contributed by atoms with Crippen molar-refractivity contribution in [1.29, 1.82) is 0 Å². The number of aliphatic imine (C=N–C) groups is 1. The summed E-state index contributed by atoms with van der Waals surface area (Å²) in [7, 11) is 0. The molecule has 1 amide bonds. The summed E-state index contributed by atoms with van der Waals surface area (Å²) in [6, 6.07) is 14.7. The largest absolute Gasteiger partial charge is 0.619 e. The number of para-hydroxylation sites is 1. The van der Waals surface area contributed by atoms with Crippen molar-refractivity contribution in [3.05, 3.63) is 64.9 Å². The number of nitrogens with zero attached hydrogens (tertiary/aromatic N) is 3. The van der Waals surface area contributed by atoms with Gasteiger partial charge in [-0.15, -0.1) is 0 Å². The van der Waals surface area contributed by atoms with Crippen molar-refractivity contribution in [1.82, 2.24) is 5.43 Å². The van der Waals surface area contributed by atoms with Crippen molar-refractivity contribution < 1.29 is 9.53 Å². The summed E-state index contributed by atoms with van der Waals surface area (Å²) in [6.07, 6.45) is 2.29. The van der Waals surface area contributed by atoms with E-state index in [0.29, 0.717) is 10.4 Å². The van der Waals surface area contributed by atoms with Crippen molar-refractivity contribution in [3.63, 3.8) is 0 Å². The predicted octanol–water partition coefficient (Wildman–Crippen LogP) is 3.39. The molecule has 0 radical (unpaired) electrons. The molecular weight excluding hydrogens is 348 g/mol. The Bertz CT molecular complexity index is 891. The molecule has 1 atom stereocenters. The zero-order valence-corrected chi connectivity index (χ0v) is 15.1. The minimum Gasteiger partial charge on any atom is -0.619 e. The first-order valence-corrected chi connectivity index (χ1v) is 8.94. The van der Waals surface area contributed by atoms with Crippen LogP contribution in [-0.4, -0.2) is 33.9 Å². The second-order valence-corrected chi connectivity index (χ2v) is 7.19. The lowest BCUT2D eigenvalue weighted by atomic mass is 10.2. The minimum absolute atomic E-state index is 0.190. The fourth-order valence-electron chi connectivity index (χ4n) is 2.42. The number of carbonyl (C=O) groups is 1. The van der Waals surface area contributed by atoms with Gasteiger partial charge in [0.25, 0.3) is 5.91 Å². The first-order chi connectivity index (χ1) is 12.5. The lowest BCUT2D eigenvalue weighted by molar-refractivity contribution is -0.349. The maximum atomic E-state index is 12.2. The first kappa shape index (κ1) is 17.9. The van der Waals surface area contributed by atoms with E-state index in [2.05, 4.69) is 22.2 Å². The molecule has 1 aliphatic heterocycles. The summed E-state index contributed by atoms with van der Waals surface area (Å²) in [6.45, 7) is 5.10. The van der Waals surface area contributed by atoms with Crippen molar-refractivity contribution in [3.8, 4) is 0 Å². The Morgan fingerprint density at radius 2 is 2.08 bits per heavy atom. The minimum atomic E-state index is -0.303. The van der Waals surface area contributed by atoms with E-state index in [1.54, 1.807) is 24.3 Å². The Hall–Kier alpha value is -2.93. The molecule has 7 heteroatoms. The number of thioether (sulfide) groups is 1. The van der Waals surface area contributed by atoms with Gasteiger partial charge in [-0.05, 0) is 36.2 Å². The average Bonchev–Trinajstić information content (AvgIpc) is 3.04. The van der Waals surface area contributed by atoms with E-state index in [1.807, 2.05) is 31.2 Å². The SMILES string of the molecule is C=[N+]([O-])c1ccc(/C=N/NC(=O)C(C)SC2=Nc3ccccc3C2)cc1. The molecule has 1 unspecified atom stereocenters. The highest BCUT2D eigenvalue weighted by Gasteiger charge is 2.20. The lowest BCUT2D eigenvalue weighted by Crippen LogP contribution is -2.27. The molecule has 26 heavy (non-hydrogen) atoms. The highest BCUT2D eigenvalue weighted by atomic mass is 32.2. The molecule has 1 aliphatic rings. The topological polar surface area (TPSA) is 79.9 Å². The van der Waals surface area contributed by atoms with E-state index < -0.39 is 0 Å². The highest BCUT2D eigenvalue weighted by molar-refractivity contribution is 8.15. The molecule has 0 spiro atoms. The molecule has 0 aliphatic carbocycles. The zero-order valence-electron chi connectivity index (χ0n) is 14.3. The van der Waals surface area contributed by atoms with Crippen LogP contribution >= 0.6 is 11.8 Å². The molecular formula is C19H18N4O2S. The van der Waals surface area contributed by atoms with Gasteiger partial charge in [0.05, 0.1) is 22.2 Å². The summed E-state index contributed by atoms with van der Waals surface area (Å²) in [5.41, 5.74) is 5.92. The zero-order chi connectivity index (χ0) is 18.5. The van der Waals surface area contributed by atoms with Gasteiger partial charge in [-0.2, -0.15) is 9.84 Å². The van der Waals surface area contributed by atoms with Crippen LogP contribution in [0.2, 0.25) is 0 Å². The van der Waals surface area contributed by atoms with E-state index in [-0.39, 0.29) is 11.2 Å². The van der Waals surface area contributed by atoms with Crippen LogP contribution in [0.3, 0.4) is 0 Å². The van der Waals surface area contributed by atoms with Gasteiger partial charge in [-0.1, -0.05) is 30.0 Å². The Kier molecular flexibility index (Phi) is 5.48. The first-order valence-electron chi connectivity index (χ1n) is 8.06. The molecule has 2 aromatic carbocycles. The fraction of sp³-hybridized carbons (Fsp3) is 0.158. The van der Waals surface area contributed by atoms with Gasteiger partial charge in [0, 0.05) is 18.6 Å². The number of rotatable bonds is 5. The summed E-state index contributed by atoms with van der Waals surface area (Å²) in [5, 5.41) is 15.6. The van der Waals surface area contributed by atoms with Crippen LogP contribution in [-0.2, 0) is 11.2 Å². The molecule has 0 fully saturated rings. The molecule has 1 N–H and O–H groups in total. The van der Waals surface area contributed by atoms with Gasteiger partial charge >= 0.3 is 0 Å². The van der Waals surface area contributed by atoms with Crippen molar-refractivity contribution in [2.45, 2.75) is 18.6 Å². The fourth-order valence-corrected chi connectivity index (χ4v) is 3.38. The highest BCUT2D eigenvalue weighted by Crippen LogP contribution is 2.31. The van der Waals surface area contributed by atoms with E-state index in [4.69, 9.17) is 0 Å². The molecule has 0 bridgehead atoms. The summed E-state index contributed by atoms with van der Waals surface area (Å²) >= 11 is 1.44. The molecule has 3 rings (SSSR count). The molecule has 0 saturated carbocycles. The van der Waals surface area contributed by atoms with Gasteiger partial charge in [-0.25, -0.2) is 10.4 Å². The smallest absolute Gasteiger partial charge is 0.253 e. The Morgan fingerprint density at radius 3 is 2.77 bits per heavy atom. The number of fused-ring (bicyclic) bond motifs is 1. The van der Waals surface area contributed by atoms with Gasteiger partial charge in [0.15, 0.2) is 0 Å². The number of nitrogens with one attached hydrogen (secondary N) is 1. The van der Waals surface area contributed by atoms with Crippen LogP contribution in [0.1, 0.15) is 18.1 Å². The standard InChI is InChI=1S/C19H18N4O2S/c1-13(26-18-11-15-5-3-4-6-17(15)21-18)19(24)22-20-12-14-7-9-16(10-8-14)23(2)25/h3-10,12-13H,2,11H2,1H3,(H,22,24)/b20-12+. The van der Waals surface area contributed by atoms with Crippen LogP contribution in [0.4, 0.5) is 11.4 Å². The van der Waals surface area contributed by atoms with Crippen LogP contribution in [0.5, 0.6) is 0 Å². The summed E-state index contributed by atoms with van der Waals surface area (Å²) in [5.74, 6) is -0.190. The van der Waals surface area contributed by atoms with Crippen molar-refractivity contribution in [2.75, 3.05) is 0 Å². The lowest BCUT2D eigenvalue weighted by Gasteiger charge is -2.08. The van der Waals surface area contributed by atoms with E-state index >= 15 is 0 Å². The van der Waals surface area contributed by atoms with E-state index in [9.17, 15) is 10.0 Å². The van der Waals surface area contributed by atoms with Gasteiger partial charge in [0.1, 0.15) is 6.72 Å². The Morgan fingerprint density at radius 1 is 1.35 bits per heavy atom. The Labute approximate surface area is 155 Å². The number of amides is 1. The monoisotopic (exact) mass is 366 g/mol. The maximum absolute atomic E-state index is 12.2. The van der Waals surface area contributed by atoms with E-state index in [0.717, 1.165) is 22.7 Å². The third-order valence-corrected chi connectivity index (χ3v) is 4.91. The number of benzene rings is 2. The van der Waals surface area contributed by atoms with Crippen LogP contribution in [0.15, 0.2) is 58.6 Å². The number of carbonyl (C=O) groups excluding carboxylic acids is 1. The van der Waals surface area contributed by atoms with Gasteiger partial charge in [-0.3, -0.25) is 4.79 Å². The summed E-state index contributed by atoms with van der Waals surface area (Å²) < 4.78 is 0.533. The Balaban J connectivity index is 1.51. The molecule has 0 saturated heterocycles. The summed E-state index contributed by atoms with van der Waals surface area (Å²) in [4.78, 5) is 16.7. The quantitative estimate of drug-likeness (QED) is 0.381. The average molecular weight is 366 g/mol. The second kappa shape index (κ2) is 7.97. The van der Waals surface area contributed by atoms with Crippen LogP contribution < -0.4 is 5.43 Å². The third-order valence-electron chi connectivity index (χ3n) is 3.83. The third kappa shape index (κ3) is 4.37. The van der Waals surface area contributed by atoms with Crippen LogP contribution in [0.25, 0.3) is 0 Å². The number of hydrogen-bond acceptors (Lipinski definition) is 5. The number of hydrazone groups is 1. The second-order valence-electron chi connectivity index (χ2n) is 5.78. The molecule has 6 nitrogen and oxygen atoms in total. The normalized spacial score (nSPS) is 14.0. The van der Waals surface area contributed by atoms with Crippen molar-refractivity contribution >= 4 is 47.0 Å². The van der Waals surface area contributed by atoms with Crippen LogP contribution in [0, 0.1) is 5.21 Å². The maximum Gasteiger partial charge on any atom is 0.253 e. The predicted molar refractivity (Wildman–Crippen MR) is 107 cm³/mol. The molecule has 0 aromatic heterocycles. The van der Waals surface area contributed by atoms with E-state index in [1.165, 1.54) is 23.5 Å². The molecule has 1 heterocycles.